The lowest BCUT2D eigenvalue weighted by molar-refractivity contribution is 0.391. The van der Waals surface area contributed by atoms with Crippen LogP contribution in [0.4, 0.5) is 0 Å². The van der Waals surface area contributed by atoms with Gasteiger partial charge in [-0.1, -0.05) is 273 Å². The lowest BCUT2D eigenvalue weighted by atomic mass is 9.92. The Labute approximate surface area is 446 Å². The molecule has 0 fully saturated rings. The van der Waals surface area contributed by atoms with Crippen molar-refractivity contribution in [2.45, 2.75) is 0 Å². The fourth-order valence-corrected chi connectivity index (χ4v) is 11.0. The number of hydrogen-bond donors (Lipinski definition) is 0. The van der Waals surface area contributed by atoms with Crippen LogP contribution < -0.4 is 13.6 Å². The van der Waals surface area contributed by atoms with Gasteiger partial charge in [0.1, 0.15) is 17.2 Å². The first-order chi connectivity index (χ1) is 37.7. The molecule has 0 spiro atoms. The Kier molecular flexibility index (Phi) is 13.9. The minimum Gasteiger partial charge on any atom is -0.407 e. The van der Waals surface area contributed by atoms with Crippen molar-refractivity contribution in [1.29, 1.82) is 0 Å². The molecule has 0 radical (unpaired) electrons. The maximum absolute atomic E-state index is 7.80. The molecule has 0 N–H and O–H groups in total. The molecule has 0 heterocycles. The van der Waals surface area contributed by atoms with E-state index in [4.69, 9.17) is 13.6 Å². The normalized spacial score (nSPS) is 11.0. The smallest absolute Gasteiger partial charge is 0.407 e. The summed E-state index contributed by atoms with van der Waals surface area (Å²) in [7, 11) is -2.42. The van der Waals surface area contributed by atoms with E-state index in [1.54, 1.807) is 0 Å². The summed E-state index contributed by atoms with van der Waals surface area (Å²) in [5.41, 5.74) is 17.8. The second kappa shape index (κ2) is 22.3. The van der Waals surface area contributed by atoms with Gasteiger partial charge in [-0.2, -0.15) is 0 Å². The van der Waals surface area contributed by atoms with Gasteiger partial charge in [0.15, 0.2) is 0 Å². The predicted octanol–water partition coefficient (Wildman–Crippen LogP) is 20.5. The van der Waals surface area contributed by atoms with Gasteiger partial charge >= 0.3 is 8.60 Å². The summed E-state index contributed by atoms with van der Waals surface area (Å²) in [4.78, 5) is 0. The van der Waals surface area contributed by atoms with E-state index < -0.39 is 8.60 Å². The van der Waals surface area contributed by atoms with Crippen molar-refractivity contribution in [2.24, 2.45) is 0 Å². The lowest BCUT2D eigenvalue weighted by Gasteiger charge is -2.27. The Morgan fingerprint density at radius 3 is 0.461 bits per heavy atom. The highest BCUT2D eigenvalue weighted by atomic mass is 31.2. The van der Waals surface area contributed by atoms with Crippen molar-refractivity contribution in [2.75, 3.05) is 0 Å². The van der Waals surface area contributed by atoms with E-state index in [1.807, 2.05) is 36.4 Å². The molecule has 0 aromatic heterocycles. The van der Waals surface area contributed by atoms with E-state index in [-0.39, 0.29) is 0 Å². The molecule has 3 nitrogen and oxygen atoms in total. The third-order valence-corrected chi connectivity index (χ3v) is 14.6. The highest BCUT2D eigenvalue weighted by Gasteiger charge is 2.31. The minimum absolute atomic E-state index is 0.634. The first kappa shape index (κ1) is 47.5. The molecule has 0 saturated heterocycles. The Bertz CT molecular complexity index is 3250. The van der Waals surface area contributed by atoms with Gasteiger partial charge in [-0.3, -0.25) is 0 Å². The summed E-state index contributed by atoms with van der Waals surface area (Å²) in [6, 6.07) is 108. The van der Waals surface area contributed by atoms with Crippen LogP contribution in [-0.4, -0.2) is 0 Å². The highest BCUT2D eigenvalue weighted by Crippen LogP contribution is 2.56. The van der Waals surface area contributed by atoms with Crippen LogP contribution in [0.25, 0.3) is 100 Å². The van der Waals surface area contributed by atoms with Gasteiger partial charge in [0, 0.05) is 33.4 Å². The molecule has 4 heteroatoms. The van der Waals surface area contributed by atoms with Crippen LogP contribution in [0.3, 0.4) is 0 Å². The molecule has 0 bridgehead atoms. The summed E-state index contributed by atoms with van der Waals surface area (Å²) in [6.45, 7) is 0. The Hall–Kier alpha value is -9.53. The largest absolute Gasteiger partial charge is 0.530 e. The van der Waals surface area contributed by atoms with Crippen molar-refractivity contribution in [3.8, 4) is 117 Å². The Morgan fingerprint density at radius 1 is 0.158 bits per heavy atom. The Balaban J connectivity index is 1.15. The Morgan fingerprint density at radius 2 is 0.303 bits per heavy atom. The van der Waals surface area contributed by atoms with Crippen LogP contribution in [0.15, 0.2) is 309 Å². The van der Waals surface area contributed by atoms with Crippen molar-refractivity contribution in [3.05, 3.63) is 309 Å². The summed E-state index contributed by atoms with van der Waals surface area (Å²) in [5.74, 6) is 1.90. The molecular formula is C72H51O3P. The zero-order valence-electron chi connectivity index (χ0n) is 41.6. The zero-order chi connectivity index (χ0) is 50.9. The zero-order valence-corrected chi connectivity index (χ0v) is 42.5. The van der Waals surface area contributed by atoms with Crippen LogP contribution in [0.2, 0.25) is 0 Å². The van der Waals surface area contributed by atoms with E-state index in [0.29, 0.717) is 17.2 Å². The van der Waals surface area contributed by atoms with E-state index in [0.717, 1.165) is 100 Å². The third kappa shape index (κ3) is 10.3. The van der Waals surface area contributed by atoms with E-state index >= 15 is 0 Å². The number of benzene rings is 12. The SMILES string of the molecule is c1ccc(-c2cc(-c3ccccc3)c(OP(Oc3c(-c4ccccc4)cc(-c4ccccc4)cc3-c3ccccc3)Oc3c(-c4ccccc4)cc(-c4ccccc4)cc3-c3ccccc3)c(-c3ccccc3)c2)cc1. The molecule has 362 valence electrons. The topological polar surface area (TPSA) is 27.7 Å². The average Bonchev–Trinajstić information content (AvgIpc) is 3.51. The van der Waals surface area contributed by atoms with Crippen LogP contribution in [0, 0.1) is 0 Å². The lowest BCUT2D eigenvalue weighted by Crippen LogP contribution is -2.07. The second-order valence-electron chi connectivity index (χ2n) is 18.5. The maximum Gasteiger partial charge on any atom is 0.530 e. The molecule has 0 amide bonds. The van der Waals surface area contributed by atoms with E-state index in [1.165, 1.54) is 0 Å². The predicted molar refractivity (Wildman–Crippen MR) is 317 cm³/mol. The molecule has 12 aromatic carbocycles. The molecule has 0 unspecified atom stereocenters. The summed E-state index contributed by atoms with van der Waals surface area (Å²) < 4.78 is 23.4. The average molecular weight is 995 g/mol. The maximum atomic E-state index is 7.80. The second-order valence-corrected chi connectivity index (χ2v) is 19.5. The van der Waals surface area contributed by atoms with Gasteiger partial charge in [0.2, 0.25) is 0 Å². The van der Waals surface area contributed by atoms with Crippen LogP contribution in [-0.2, 0) is 0 Å². The molecular weight excluding hydrogens is 944 g/mol. The number of rotatable bonds is 15. The van der Waals surface area contributed by atoms with Crippen LogP contribution in [0.1, 0.15) is 0 Å². The molecule has 76 heavy (non-hydrogen) atoms. The molecule has 0 aliphatic rings. The van der Waals surface area contributed by atoms with E-state index in [2.05, 4.69) is 273 Å². The third-order valence-electron chi connectivity index (χ3n) is 13.6. The van der Waals surface area contributed by atoms with Gasteiger partial charge in [-0.05, 0) is 103 Å². The van der Waals surface area contributed by atoms with Crippen molar-refractivity contribution >= 4 is 8.60 Å². The first-order valence-corrected chi connectivity index (χ1v) is 26.7. The van der Waals surface area contributed by atoms with Gasteiger partial charge in [0.25, 0.3) is 0 Å². The summed E-state index contributed by atoms with van der Waals surface area (Å²) in [5, 5.41) is 0. The molecule has 12 aromatic rings. The molecule has 0 aliphatic heterocycles. The molecule has 0 atom stereocenters. The fraction of sp³-hybridized carbons (Fsp3) is 0. The van der Waals surface area contributed by atoms with Crippen molar-refractivity contribution in [1.82, 2.24) is 0 Å². The van der Waals surface area contributed by atoms with Gasteiger partial charge in [0.05, 0.1) is 0 Å². The van der Waals surface area contributed by atoms with Gasteiger partial charge < -0.3 is 13.6 Å². The van der Waals surface area contributed by atoms with E-state index in [9.17, 15) is 0 Å². The molecule has 12 rings (SSSR count). The van der Waals surface area contributed by atoms with Gasteiger partial charge in [-0.25, -0.2) is 0 Å². The van der Waals surface area contributed by atoms with Gasteiger partial charge in [-0.15, -0.1) is 0 Å². The highest BCUT2D eigenvalue weighted by molar-refractivity contribution is 7.43. The fourth-order valence-electron chi connectivity index (χ4n) is 9.85. The van der Waals surface area contributed by atoms with Crippen LogP contribution >= 0.6 is 8.60 Å². The standard InChI is InChI=1S/C72H51O3P/c1-10-28-52(29-11-1)61-46-64(55-34-16-4-17-35-55)70(65(47-61)56-36-18-5-19-37-56)73-76(74-71-66(57-38-20-6-21-39-57)48-62(53-30-12-2-13-31-53)49-67(71)58-40-22-7-23-41-58)75-72-68(59-42-24-8-25-43-59)50-63(54-32-14-3-15-33-54)51-69(72)60-44-26-9-27-45-60/h1-51H. The van der Waals surface area contributed by atoms with Crippen molar-refractivity contribution < 1.29 is 13.6 Å². The van der Waals surface area contributed by atoms with Crippen LogP contribution in [0.5, 0.6) is 17.2 Å². The monoisotopic (exact) mass is 994 g/mol. The molecule has 0 aliphatic carbocycles. The quantitative estimate of drug-likeness (QED) is 0.0958. The molecule has 0 saturated carbocycles. The van der Waals surface area contributed by atoms with Crippen molar-refractivity contribution in [3.63, 3.8) is 0 Å². The minimum atomic E-state index is -2.42. The number of hydrogen-bond acceptors (Lipinski definition) is 3. The first-order valence-electron chi connectivity index (χ1n) is 25.6. The summed E-state index contributed by atoms with van der Waals surface area (Å²) in [6.07, 6.45) is 0. The summed E-state index contributed by atoms with van der Waals surface area (Å²) >= 11 is 0.